The third-order valence-corrected chi connectivity index (χ3v) is 1.19. The first-order chi connectivity index (χ1) is 3.29. The van der Waals surface area contributed by atoms with Gasteiger partial charge in [0, 0.05) is 0 Å². The highest BCUT2D eigenvalue weighted by molar-refractivity contribution is 8.16. The maximum atomic E-state index is 10.1. The van der Waals surface area contributed by atoms with Crippen LogP contribution >= 0.6 is 11.8 Å². The second-order valence-electron chi connectivity index (χ2n) is 1.05. The van der Waals surface area contributed by atoms with Crippen molar-refractivity contribution in [1.82, 2.24) is 5.32 Å². The van der Waals surface area contributed by atoms with Gasteiger partial charge in [0.05, 0.1) is 0 Å². The summed E-state index contributed by atoms with van der Waals surface area (Å²) in [5.74, 6) is 1.18. The van der Waals surface area contributed by atoms with E-state index in [0.29, 0.717) is 0 Å². The molecule has 1 aliphatic rings. The van der Waals surface area contributed by atoms with E-state index < -0.39 is 0 Å². The van der Waals surface area contributed by atoms with Crippen LogP contribution in [0.15, 0.2) is 0 Å². The highest BCUT2D eigenvalue weighted by Crippen LogP contribution is 2.10. The van der Waals surface area contributed by atoms with E-state index >= 15 is 0 Å². The van der Waals surface area contributed by atoms with Crippen LogP contribution in [0.25, 0.3) is 0 Å². The fourth-order valence-corrected chi connectivity index (χ4v) is 0.727. The van der Waals surface area contributed by atoms with Crippen LogP contribution in [-0.2, 0) is 4.79 Å². The SMILES string of the molecule is N=C1NC(=O)[CH]S1. The van der Waals surface area contributed by atoms with E-state index in [1.54, 1.807) is 0 Å². The van der Waals surface area contributed by atoms with E-state index in [-0.39, 0.29) is 11.1 Å². The first kappa shape index (κ1) is 4.64. The van der Waals surface area contributed by atoms with E-state index in [2.05, 4.69) is 5.32 Å². The summed E-state index contributed by atoms with van der Waals surface area (Å²) in [6.07, 6.45) is 0. The minimum atomic E-state index is -0.185. The first-order valence-electron chi connectivity index (χ1n) is 1.68. The maximum Gasteiger partial charge on any atom is 0.241 e. The van der Waals surface area contributed by atoms with E-state index in [1.165, 1.54) is 5.75 Å². The van der Waals surface area contributed by atoms with Crippen LogP contribution in [0, 0.1) is 11.2 Å². The number of amidine groups is 1. The molecule has 0 saturated carbocycles. The highest BCUT2D eigenvalue weighted by Gasteiger charge is 2.14. The normalized spacial score (nSPS) is 20.0. The predicted octanol–water partition coefficient (Wildman–Crippen LogP) is -0.0540. The summed E-state index contributed by atoms with van der Waals surface area (Å²) in [6, 6.07) is 0. The van der Waals surface area contributed by atoms with Gasteiger partial charge in [-0.3, -0.25) is 10.2 Å². The van der Waals surface area contributed by atoms with Crippen molar-refractivity contribution in [2.75, 3.05) is 0 Å². The molecule has 0 aromatic rings. The van der Waals surface area contributed by atoms with Gasteiger partial charge in [-0.15, -0.1) is 0 Å². The molecule has 7 heavy (non-hydrogen) atoms. The Morgan fingerprint density at radius 3 is 2.71 bits per heavy atom. The van der Waals surface area contributed by atoms with Crippen molar-refractivity contribution in [2.24, 2.45) is 0 Å². The lowest BCUT2D eigenvalue weighted by molar-refractivity contribution is -0.115. The number of carbonyl (C=O) groups is 1. The lowest BCUT2D eigenvalue weighted by Gasteiger charge is -1.81. The molecule has 0 atom stereocenters. The molecule has 1 saturated heterocycles. The van der Waals surface area contributed by atoms with Crippen LogP contribution in [-0.4, -0.2) is 11.1 Å². The van der Waals surface area contributed by atoms with Gasteiger partial charge in [0.1, 0.15) is 5.75 Å². The Morgan fingerprint density at radius 1 is 1.86 bits per heavy atom. The number of carbonyl (C=O) groups excluding carboxylic acids is 1. The van der Waals surface area contributed by atoms with Crippen LogP contribution in [0.1, 0.15) is 0 Å². The Balaban J connectivity index is 2.55. The molecule has 0 aliphatic carbocycles. The topological polar surface area (TPSA) is 53.0 Å². The molecule has 1 fully saturated rings. The summed E-state index contributed by atoms with van der Waals surface area (Å²) in [4.78, 5) is 10.1. The molecule has 1 heterocycles. The minimum Gasteiger partial charge on any atom is -0.305 e. The first-order valence-corrected chi connectivity index (χ1v) is 2.56. The molecule has 1 amide bonds. The summed E-state index contributed by atoms with van der Waals surface area (Å²) in [5.41, 5.74) is 0. The smallest absolute Gasteiger partial charge is 0.241 e. The van der Waals surface area contributed by atoms with Crippen molar-refractivity contribution in [1.29, 1.82) is 5.41 Å². The van der Waals surface area contributed by atoms with E-state index in [9.17, 15) is 4.79 Å². The van der Waals surface area contributed by atoms with Gasteiger partial charge in [-0.2, -0.15) is 0 Å². The molecule has 0 bridgehead atoms. The molecule has 4 heteroatoms. The zero-order chi connectivity index (χ0) is 5.28. The van der Waals surface area contributed by atoms with Gasteiger partial charge < -0.3 is 5.32 Å². The third kappa shape index (κ3) is 0.928. The second kappa shape index (κ2) is 1.54. The Bertz CT molecular complexity index is 108. The number of rotatable bonds is 0. The van der Waals surface area contributed by atoms with Gasteiger partial charge in [-0.25, -0.2) is 0 Å². The standard InChI is InChI=1S/C3H3N2OS/c4-3-5-2(6)1-7-3/h1H,(H2,4,5,6). The fourth-order valence-electron chi connectivity index (χ4n) is 0.283. The average Bonchev–Trinajstić information content (AvgIpc) is 1.87. The van der Waals surface area contributed by atoms with Crippen molar-refractivity contribution in [2.45, 2.75) is 0 Å². The third-order valence-electron chi connectivity index (χ3n) is 0.521. The molecule has 0 aromatic carbocycles. The molecule has 2 N–H and O–H groups in total. The summed E-state index contributed by atoms with van der Waals surface area (Å²) in [5, 5.41) is 9.26. The number of hydrogen-bond acceptors (Lipinski definition) is 3. The molecule has 3 nitrogen and oxygen atoms in total. The lowest BCUT2D eigenvalue weighted by atomic mass is 10.7. The van der Waals surface area contributed by atoms with Crippen molar-refractivity contribution in [3.8, 4) is 0 Å². The van der Waals surface area contributed by atoms with Crippen molar-refractivity contribution in [3.05, 3.63) is 5.75 Å². The molecule has 1 aliphatic heterocycles. The molecule has 1 radical (unpaired) electrons. The summed E-state index contributed by atoms with van der Waals surface area (Å²) < 4.78 is 0. The molecular weight excluding hydrogens is 112 g/mol. The zero-order valence-electron chi connectivity index (χ0n) is 3.39. The molecular formula is C3H3N2OS. The Kier molecular flexibility index (Phi) is 1.02. The van der Waals surface area contributed by atoms with Gasteiger partial charge in [-0.1, -0.05) is 11.8 Å². The van der Waals surface area contributed by atoms with E-state index in [0.717, 1.165) is 11.8 Å². The number of nitrogens with one attached hydrogen (secondary N) is 2. The van der Waals surface area contributed by atoms with Crippen molar-refractivity contribution < 1.29 is 4.79 Å². The fraction of sp³-hybridized carbons (Fsp3) is 0. The Labute approximate surface area is 45.0 Å². The van der Waals surface area contributed by atoms with Crippen molar-refractivity contribution >= 4 is 22.8 Å². The minimum absolute atomic E-state index is 0.185. The highest BCUT2D eigenvalue weighted by atomic mass is 32.2. The monoisotopic (exact) mass is 115 g/mol. The quantitative estimate of drug-likeness (QED) is 0.465. The van der Waals surface area contributed by atoms with Gasteiger partial charge in [0.15, 0.2) is 5.17 Å². The maximum absolute atomic E-state index is 10.1. The molecule has 1 rings (SSSR count). The number of amides is 1. The van der Waals surface area contributed by atoms with E-state index in [4.69, 9.17) is 5.41 Å². The Hall–Kier alpha value is -0.510. The number of hydrogen-bond donors (Lipinski definition) is 2. The zero-order valence-corrected chi connectivity index (χ0v) is 4.21. The van der Waals surface area contributed by atoms with Crippen LogP contribution in [0.4, 0.5) is 0 Å². The molecule has 0 spiro atoms. The van der Waals surface area contributed by atoms with Gasteiger partial charge >= 0.3 is 0 Å². The lowest BCUT2D eigenvalue weighted by Crippen LogP contribution is -2.17. The van der Waals surface area contributed by atoms with E-state index in [1.807, 2.05) is 0 Å². The van der Waals surface area contributed by atoms with Crippen LogP contribution < -0.4 is 5.32 Å². The van der Waals surface area contributed by atoms with Crippen molar-refractivity contribution in [3.63, 3.8) is 0 Å². The molecule has 37 valence electrons. The predicted molar refractivity (Wildman–Crippen MR) is 27.8 cm³/mol. The largest absolute Gasteiger partial charge is 0.305 e. The van der Waals surface area contributed by atoms with Crippen LogP contribution in [0.5, 0.6) is 0 Å². The number of thioether (sulfide) groups is 1. The molecule has 0 unspecified atom stereocenters. The van der Waals surface area contributed by atoms with Gasteiger partial charge in [0.25, 0.3) is 0 Å². The molecule has 0 aromatic heterocycles. The Morgan fingerprint density at radius 2 is 2.57 bits per heavy atom. The summed E-state index contributed by atoms with van der Waals surface area (Å²) in [6.45, 7) is 0. The summed E-state index contributed by atoms with van der Waals surface area (Å²) >= 11 is 1.10. The van der Waals surface area contributed by atoms with Crippen LogP contribution in [0.2, 0.25) is 0 Å². The second-order valence-corrected chi connectivity index (χ2v) is 1.93. The van der Waals surface area contributed by atoms with Gasteiger partial charge in [-0.05, 0) is 0 Å². The average molecular weight is 115 g/mol. The van der Waals surface area contributed by atoms with Crippen LogP contribution in [0.3, 0.4) is 0 Å². The summed E-state index contributed by atoms with van der Waals surface area (Å²) in [7, 11) is 0. The van der Waals surface area contributed by atoms with Gasteiger partial charge in [0.2, 0.25) is 5.91 Å².